The lowest BCUT2D eigenvalue weighted by Gasteiger charge is -2.40. The molecule has 0 aromatic heterocycles. The van der Waals surface area contributed by atoms with Crippen LogP contribution in [-0.2, 0) is 0 Å². The minimum absolute atomic E-state index is 0.124. The molecule has 4 nitrogen and oxygen atoms in total. The van der Waals surface area contributed by atoms with Gasteiger partial charge in [0.1, 0.15) is 0 Å². The van der Waals surface area contributed by atoms with Gasteiger partial charge in [-0.25, -0.2) is 0 Å². The summed E-state index contributed by atoms with van der Waals surface area (Å²) in [6, 6.07) is 0.655. The zero-order valence-electron chi connectivity index (χ0n) is 13.3. The van der Waals surface area contributed by atoms with Gasteiger partial charge in [0.2, 0.25) is 0 Å². The second-order valence-corrected chi connectivity index (χ2v) is 6.17. The van der Waals surface area contributed by atoms with Crippen LogP contribution in [0.25, 0.3) is 0 Å². The summed E-state index contributed by atoms with van der Waals surface area (Å²) in [5.41, 5.74) is -0.124. The van der Waals surface area contributed by atoms with Gasteiger partial charge in [-0.1, -0.05) is 13.8 Å². The van der Waals surface area contributed by atoms with E-state index < -0.39 is 0 Å². The van der Waals surface area contributed by atoms with Gasteiger partial charge in [-0.2, -0.15) is 0 Å². The van der Waals surface area contributed by atoms with Gasteiger partial charge in [-0.3, -0.25) is 4.90 Å². The first-order chi connectivity index (χ1) is 9.04. The minimum atomic E-state index is -0.124. The SMILES string of the molecule is CCCNC(C)(CO)CCN1CCN(CC)C(C)C1. The molecule has 0 aromatic carbocycles. The summed E-state index contributed by atoms with van der Waals surface area (Å²) in [5.74, 6) is 0. The van der Waals surface area contributed by atoms with E-state index in [-0.39, 0.29) is 12.1 Å². The molecule has 0 aliphatic carbocycles. The van der Waals surface area contributed by atoms with E-state index in [2.05, 4.69) is 42.8 Å². The van der Waals surface area contributed by atoms with Crippen molar-refractivity contribution in [2.24, 2.45) is 0 Å². The first-order valence-electron chi connectivity index (χ1n) is 7.87. The Morgan fingerprint density at radius 1 is 1.32 bits per heavy atom. The summed E-state index contributed by atoms with van der Waals surface area (Å²) in [6.07, 6.45) is 2.13. The number of nitrogens with zero attached hydrogens (tertiary/aromatic N) is 2. The van der Waals surface area contributed by atoms with Crippen molar-refractivity contribution < 1.29 is 5.11 Å². The molecule has 2 unspecified atom stereocenters. The standard InChI is InChI=1S/C15H33N3O/c1-5-8-16-15(4,13-19)7-9-17-10-11-18(6-2)14(3)12-17/h14,16,19H,5-13H2,1-4H3. The largest absolute Gasteiger partial charge is 0.394 e. The molecule has 114 valence electrons. The molecule has 4 heteroatoms. The fraction of sp³-hybridized carbons (Fsp3) is 1.00. The lowest BCUT2D eigenvalue weighted by Crippen LogP contribution is -2.54. The Balaban J connectivity index is 2.35. The lowest BCUT2D eigenvalue weighted by molar-refractivity contribution is 0.0742. The molecule has 0 bridgehead atoms. The van der Waals surface area contributed by atoms with Crippen LogP contribution in [-0.4, -0.2) is 72.4 Å². The quantitative estimate of drug-likeness (QED) is 0.695. The summed E-state index contributed by atoms with van der Waals surface area (Å²) < 4.78 is 0. The second kappa shape index (κ2) is 8.20. The predicted molar refractivity (Wildman–Crippen MR) is 81.6 cm³/mol. The number of nitrogens with one attached hydrogen (secondary N) is 1. The van der Waals surface area contributed by atoms with E-state index >= 15 is 0 Å². The maximum absolute atomic E-state index is 9.58. The van der Waals surface area contributed by atoms with Crippen molar-refractivity contribution in [2.75, 3.05) is 45.9 Å². The summed E-state index contributed by atoms with van der Waals surface area (Å²) in [4.78, 5) is 5.08. The number of aliphatic hydroxyl groups is 1. The van der Waals surface area contributed by atoms with Gasteiger partial charge < -0.3 is 15.3 Å². The van der Waals surface area contributed by atoms with Crippen molar-refractivity contribution >= 4 is 0 Å². The number of hydrogen-bond donors (Lipinski definition) is 2. The molecule has 2 N–H and O–H groups in total. The molecular formula is C15H33N3O. The summed E-state index contributed by atoms with van der Waals surface area (Å²) in [5, 5.41) is 13.1. The van der Waals surface area contributed by atoms with E-state index in [4.69, 9.17) is 0 Å². The third kappa shape index (κ3) is 5.38. The zero-order valence-corrected chi connectivity index (χ0v) is 13.3. The van der Waals surface area contributed by atoms with Gasteiger partial charge in [-0.05, 0) is 39.8 Å². The molecule has 0 aromatic rings. The Kier molecular flexibility index (Phi) is 7.29. The minimum Gasteiger partial charge on any atom is -0.394 e. The van der Waals surface area contributed by atoms with Crippen LogP contribution in [0.1, 0.15) is 40.5 Å². The molecule has 1 fully saturated rings. The fourth-order valence-electron chi connectivity index (χ4n) is 2.80. The summed E-state index contributed by atoms with van der Waals surface area (Å²) >= 11 is 0. The van der Waals surface area contributed by atoms with Crippen molar-refractivity contribution in [3.05, 3.63) is 0 Å². The monoisotopic (exact) mass is 271 g/mol. The van der Waals surface area contributed by atoms with Crippen LogP contribution in [0.15, 0.2) is 0 Å². The highest BCUT2D eigenvalue weighted by atomic mass is 16.3. The molecule has 0 amide bonds. The predicted octanol–water partition coefficient (Wildman–Crippen LogP) is 1.15. The smallest absolute Gasteiger partial charge is 0.0611 e. The Bertz CT molecular complexity index is 250. The van der Waals surface area contributed by atoms with Gasteiger partial charge in [0.25, 0.3) is 0 Å². The third-order valence-electron chi connectivity index (χ3n) is 4.39. The van der Waals surface area contributed by atoms with Crippen LogP contribution in [0.2, 0.25) is 0 Å². The van der Waals surface area contributed by atoms with Gasteiger partial charge in [0.15, 0.2) is 0 Å². The first kappa shape index (κ1) is 16.9. The van der Waals surface area contributed by atoms with Crippen molar-refractivity contribution in [3.63, 3.8) is 0 Å². The van der Waals surface area contributed by atoms with Crippen molar-refractivity contribution in [2.45, 2.75) is 52.1 Å². The van der Waals surface area contributed by atoms with Crippen LogP contribution < -0.4 is 5.32 Å². The fourth-order valence-corrected chi connectivity index (χ4v) is 2.80. The third-order valence-corrected chi connectivity index (χ3v) is 4.39. The number of hydrogen-bond acceptors (Lipinski definition) is 4. The molecule has 2 atom stereocenters. The molecule has 19 heavy (non-hydrogen) atoms. The first-order valence-corrected chi connectivity index (χ1v) is 7.87. The van der Waals surface area contributed by atoms with Crippen molar-refractivity contribution in [1.29, 1.82) is 0 Å². The van der Waals surface area contributed by atoms with E-state index in [0.29, 0.717) is 6.04 Å². The second-order valence-electron chi connectivity index (χ2n) is 6.17. The van der Waals surface area contributed by atoms with Crippen LogP contribution in [0.4, 0.5) is 0 Å². The highest BCUT2D eigenvalue weighted by molar-refractivity contribution is 4.85. The van der Waals surface area contributed by atoms with E-state index in [1.807, 2.05) is 0 Å². The Labute approximate surface area is 119 Å². The van der Waals surface area contributed by atoms with Gasteiger partial charge in [0.05, 0.1) is 6.61 Å². The molecule has 0 spiro atoms. The van der Waals surface area contributed by atoms with E-state index in [1.165, 1.54) is 6.54 Å². The van der Waals surface area contributed by atoms with Crippen molar-refractivity contribution in [1.82, 2.24) is 15.1 Å². The molecule has 1 saturated heterocycles. The number of piperazine rings is 1. The molecule has 1 aliphatic rings. The molecule has 1 rings (SSSR count). The molecule has 0 saturated carbocycles. The topological polar surface area (TPSA) is 38.7 Å². The van der Waals surface area contributed by atoms with Gasteiger partial charge >= 0.3 is 0 Å². The highest BCUT2D eigenvalue weighted by Crippen LogP contribution is 2.14. The maximum atomic E-state index is 9.58. The lowest BCUT2D eigenvalue weighted by atomic mass is 9.98. The van der Waals surface area contributed by atoms with Crippen LogP contribution >= 0.6 is 0 Å². The van der Waals surface area contributed by atoms with Crippen LogP contribution in [0, 0.1) is 0 Å². The van der Waals surface area contributed by atoms with E-state index in [0.717, 1.165) is 45.6 Å². The van der Waals surface area contributed by atoms with Gasteiger partial charge in [-0.15, -0.1) is 0 Å². The van der Waals surface area contributed by atoms with Crippen LogP contribution in [0.3, 0.4) is 0 Å². The molecule has 1 heterocycles. The number of aliphatic hydroxyl groups excluding tert-OH is 1. The van der Waals surface area contributed by atoms with E-state index in [1.54, 1.807) is 0 Å². The molecule has 0 radical (unpaired) electrons. The zero-order chi connectivity index (χ0) is 14.3. The summed E-state index contributed by atoms with van der Waals surface area (Å²) in [7, 11) is 0. The molecule has 1 aliphatic heterocycles. The average molecular weight is 271 g/mol. The highest BCUT2D eigenvalue weighted by Gasteiger charge is 2.26. The normalized spacial score (nSPS) is 25.4. The molecular weight excluding hydrogens is 238 g/mol. The van der Waals surface area contributed by atoms with Crippen LogP contribution in [0.5, 0.6) is 0 Å². The Hall–Kier alpha value is -0.160. The maximum Gasteiger partial charge on any atom is 0.0611 e. The van der Waals surface area contributed by atoms with E-state index in [9.17, 15) is 5.11 Å². The summed E-state index contributed by atoms with van der Waals surface area (Å²) in [6.45, 7) is 15.8. The van der Waals surface area contributed by atoms with Crippen molar-refractivity contribution in [3.8, 4) is 0 Å². The number of likely N-dealkylation sites (N-methyl/N-ethyl adjacent to an activating group) is 1. The average Bonchev–Trinajstić information content (AvgIpc) is 2.43. The number of rotatable bonds is 8. The Morgan fingerprint density at radius 2 is 2.05 bits per heavy atom. The Morgan fingerprint density at radius 3 is 2.58 bits per heavy atom. The van der Waals surface area contributed by atoms with Gasteiger partial charge in [0, 0.05) is 37.8 Å².